The van der Waals surface area contributed by atoms with Crippen molar-refractivity contribution in [2.75, 3.05) is 6.54 Å². The van der Waals surface area contributed by atoms with Crippen LogP contribution in [0.1, 0.15) is 25.7 Å². The molecule has 0 bridgehead atoms. The van der Waals surface area contributed by atoms with Gasteiger partial charge in [-0.05, 0) is 25.0 Å². The molecule has 0 heterocycles. The summed E-state index contributed by atoms with van der Waals surface area (Å²) in [7, 11) is -4.00. The highest BCUT2D eigenvalue weighted by Crippen LogP contribution is 2.33. The quantitative estimate of drug-likeness (QED) is 0.600. The molecule has 9 heteroatoms. The first-order valence-corrected chi connectivity index (χ1v) is 8.75. The topological polar surface area (TPSA) is 115 Å². The Morgan fingerprint density at radius 3 is 2.52 bits per heavy atom. The van der Waals surface area contributed by atoms with Crippen LogP contribution in [0, 0.1) is 10.1 Å². The molecule has 1 fully saturated rings. The Morgan fingerprint density at radius 2 is 2.00 bits per heavy atom. The van der Waals surface area contributed by atoms with Gasteiger partial charge in [-0.2, -0.15) is 0 Å². The van der Waals surface area contributed by atoms with E-state index in [4.69, 9.17) is 5.73 Å². The molecule has 1 aliphatic rings. The van der Waals surface area contributed by atoms with Gasteiger partial charge in [0.2, 0.25) is 10.0 Å². The Kier molecular flexibility index (Phi) is 4.66. The monoisotopic (exact) mass is 377 g/mol. The minimum Gasteiger partial charge on any atom is -0.329 e. The minimum absolute atomic E-state index is 0.177. The third kappa shape index (κ3) is 3.42. The van der Waals surface area contributed by atoms with Crippen LogP contribution in [-0.2, 0) is 10.0 Å². The Morgan fingerprint density at radius 1 is 1.38 bits per heavy atom. The Labute approximate surface area is 131 Å². The maximum absolute atomic E-state index is 12.5. The summed E-state index contributed by atoms with van der Waals surface area (Å²) in [4.78, 5) is 10.0. The molecule has 116 valence electrons. The Hall–Kier alpha value is -1.03. The van der Waals surface area contributed by atoms with E-state index in [2.05, 4.69) is 20.7 Å². The number of hydrogen-bond donors (Lipinski definition) is 2. The number of hydrogen-bond acceptors (Lipinski definition) is 5. The van der Waals surface area contributed by atoms with Crippen LogP contribution in [0.3, 0.4) is 0 Å². The first kappa shape index (κ1) is 16.3. The lowest BCUT2D eigenvalue weighted by molar-refractivity contribution is -0.387. The maximum Gasteiger partial charge on any atom is 0.290 e. The fourth-order valence-corrected chi connectivity index (χ4v) is 4.57. The van der Waals surface area contributed by atoms with Crippen LogP contribution in [0.5, 0.6) is 0 Å². The molecule has 1 aliphatic carbocycles. The van der Waals surface area contributed by atoms with Crippen molar-refractivity contribution in [3.05, 3.63) is 32.8 Å². The third-order valence-electron chi connectivity index (χ3n) is 3.71. The lowest BCUT2D eigenvalue weighted by Crippen LogP contribution is -2.51. The fourth-order valence-electron chi connectivity index (χ4n) is 2.60. The zero-order valence-corrected chi connectivity index (χ0v) is 13.6. The molecule has 0 radical (unpaired) electrons. The summed E-state index contributed by atoms with van der Waals surface area (Å²) in [5.74, 6) is 0. The van der Waals surface area contributed by atoms with Gasteiger partial charge in [-0.3, -0.25) is 10.1 Å². The van der Waals surface area contributed by atoms with Gasteiger partial charge in [0, 0.05) is 22.6 Å². The molecule has 0 aliphatic heterocycles. The van der Waals surface area contributed by atoms with Gasteiger partial charge in [0.25, 0.3) is 5.69 Å². The summed E-state index contributed by atoms with van der Waals surface area (Å²) in [6.07, 6.45) is 3.07. The number of sulfonamides is 1. The molecule has 0 aromatic heterocycles. The molecule has 21 heavy (non-hydrogen) atoms. The lowest BCUT2D eigenvalue weighted by Gasteiger charge is -2.28. The highest BCUT2D eigenvalue weighted by Gasteiger charge is 2.38. The number of nitrogens with zero attached hydrogens (tertiary/aromatic N) is 1. The van der Waals surface area contributed by atoms with Gasteiger partial charge in [0.15, 0.2) is 4.90 Å². The van der Waals surface area contributed by atoms with Crippen LogP contribution in [0.25, 0.3) is 0 Å². The molecule has 7 nitrogen and oxygen atoms in total. The molecule has 0 atom stereocenters. The van der Waals surface area contributed by atoms with Crippen LogP contribution in [0.4, 0.5) is 5.69 Å². The summed E-state index contributed by atoms with van der Waals surface area (Å²) in [5, 5.41) is 11.1. The van der Waals surface area contributed by atoms with Crippen molar-refractivity contribution in [1.29, 1.82) is 0 Å². The summed E-state index contributed by atoms with van der Waals surface area (Å²) in [5.41, 5.74) is 4.56. The molecule has 0 unspecified atom stereocenters. The number of nitro groups is 1. The molecule has 1 aromatic carbocycles. The summed E-state index contributed by atoms with van der Waals surface area (Å²) < 4.78 is 28.0. The molecule has 1 aromatic rings. The molecule has 2 rings (SSSR count). The SMILES string of the molecule is NCC1(NS(=O)(=O)c2ccc(Br)cc2[N+](=O)[O-])CCCC1. The molecular formula is C12H16BrN3O4S. The highest BCUT2D eigenvalue weighted by molar-refractivity contribution is 9.10. The van der Waals surface area contributed by atoms with E-state index in [1.165, 1.54) is 18.2 Å². The maximum atomic E-state index is 12.5. The van der Waals surface area contributed by atoms with E-state index in [1.54, 1.807) is 0 Å². The summed E-state index contributed by atoms with van der Waals surface area (Å²) in [6, 6.07) is 3.87. The van der Waals surface area contributed by atoms with Crippen molar-refractivity contribution < 1.29 is 13.3 Å². The van der Waals surface area contributed by atoms with E-state index in [0.29, 0.717) is 17.3 Å². The van der Waals surface area contributed by atoms with Crippen LogP contribution in [-0.4, -0.2) is 25.4 Å². The number of halogens is 1. The molecule has 0 spiro atoms. The van der Waals surface area contributed by atoms with E-state index < -0.39 is 26.2 Å². The lowest BCUT2D eigenvalue weighted by atomic mass is 10.0. The van der Waals surface area contributed by atoms with Crippen molar-refractivity contribution in [3.8, 4) is 0 Å². The molecule has 0 amide bonds. The molecule has 3 N–H and O–H groups in total. The summed E-state index contributed by atoms with van der Waals surface area (Å²) in [6.45, 7) is 0.177. The van der Waals surface area contributed by atoms with Crippen LogP contribution >= 0.6 is 15.9 Å². The van der Waals surface area contributed by atoms with Gasteiger partial charge in [0.1, 0.15) is 0 Å². The smallest absolute Gasteiger partial charge is 0.290 e. The van der Waals surface area contributed by atoms with Gasteiger partial charge in [-0.15, -0.1) is 0 Å². The first-order chi connectivity index (χ1) is 9.80. The standard InChI is InChI=1S/C12H16BrN3O4S/c13-9-3-4-11(10(7-9)16(17)18)21(19,20)15-12(8-14)5-1-2-6-12/h3-4,7,15H,1-2,5-6,8,14H2. The van der Waals surface area contributed by atoms with Crippen molar-refractivity contribution in [1.82, 2.24) is 4.72 Å². The van der Waals surface area contributed by atoms with Crippen LogP contribution < -0.4 is 10.5 Å². The normalized spacial score (nSPS) is 17.8. The predicted octanol–water partition coefficient (Wildman–Crippen LogP) is 1.91. The van der Waals surface area contributed by atoms with E-state index in [1.807, 2.05) is 0 Å². The molecular weight excluding hydrogens is 362 g/mol. The number of rotatable bonds is 5. The first-order valence-electron chi connectivity index (χ1n) is 6.48. The van der Waals surface area contributed by atoms with E-state index >= 15 is 0 Å². The fraction of sp³-hybridized carbons (Fsp3) is 0.500. The predicted molar refractivity (Wildman–Crippen MR) is 81.4 cm³/mol. The van der Waals surface area contributed by atoms with E-state index in [-0.39, 0.29) is 11.4 Å². The third-order valence-corrected chi connectivity index (χ3v) is 5.83. The Bertz CT molecular complexity index is 656. The average molecular weight is 378 g/mol. The largest absolute Gasteiger partial charge is 0.329 e. The number of benzene rings is 1. The van der Waals surface area contributed by atoms with Crippen molar-refractivity contribution in [2.24, 2.45) is 5.73 Å². The van der Waals surface area contributed by atoms with Crippen molar-refractivity contribution in [3.63, 3.8) is 0 Å². The zero-order valence-electron chi connectivity index (χ0n) is 11.2. The second-order valence-electron chi connectivity index (χ2n) is 5.17. The van der Waals surface area contributed by atoms with Gasteiger partial charge >= 0.3 is 0 Å². The molecule has 0 saturated heterocycles. The zero-order chi connectivity index (χ0) is 15.7. The van der Waals surface area contributed by atoms with Crippen LogP contribution in [0.15, 0.2) is 27.6 Å². The number of nitrogens with one attached hydrogen (secondary N) is 1. The minimum atomic E-state index is -4.00. The van der Waals surface area contributed by atoms with E-state index in [9.17, 15) is 18.5 Å². The van der Waals surface area contributed by atoms with Crippen LogP contribution in [0.2, 0.25) is 0 Å². The van der Waals surface area contributed by atoms with Crippen molar-refractivity contribution >= 4 is 31.6 Å². The van der Waals surface area contributed by atoms with Gasteiger partial charge in [-0.25, -0.2) is 13.1 Å². The number of nitrogens with two attached hydrogens (primary N) is 1. The number of nitro benzene ring substituents is 1. The highest BCUT2D eigenvalue weighted by atomic mass is 79.9. The van der Waals surface area contributed by atoms with Gasteiger partial charge in [0.05, 0.1) is 4.92 Å². The second-order valence-corrected chi connectivity index (χ2v) is 7.73. The van der Waals surface area contributed by atoms with Gasteiger partial charge in [-0.1, -0.05) is 28.8 Å². The van der Waals surface area contributed by atoms with Crippen molar-refractivity contribution in [2.45, 2.75) is 36.1 Å². The average Bonchev–Trinajstić information content (AvgIpc) is 2.86. The second kappa shape index (κ2) is 5.99. The molecule has 1 saturated carbocycles. The Balaban J connectivity index is 2.42. The van der Waals surface area contributed by atoms with Gasteiger partial charge < -0.3 is 5.73 Å². The van der Waals surface area contributed by atoms with E-state index in [0.717, 1.165) is 12.8 Å². The summed E-state index contributed by atoms with van der Waals surface area (Å²) >= 11 is 3.10.